The van der Waals surface area contributed by atoms with E-state index in [1.165, 1.54) is 34.9 Å². The smallest absolute Gasteiger partial charge is 0.311 e. The van der Waals surface area contributed by atoms with E-state index in [1.54, 1.807) is 24.3 Å². The first-order chi connectivity index (χ1) is 16.3. The molecule has 1 aromatic heterocycles. The number of hydrogen-bond donors (Lipinski definition) is 2. The predicted octanol–water partition coefficient (Wildman–Crippen LogP) is 4.83. The molecule has 1 unspecified atom stereocenters. The monoisotopic (exact) mass is 482 g/mol. The minimum Gasteiger partial charge on any atom is -0.508 e. The van der Waals surface area contributed by atoms with Gasteiger partial charge in [-0.1, -0.05) is 55.6 Å². The van der Waals surface area contributed by atoms with Gasteiger partial charge in [-0.3, -0.25) is 19.0 Å². The zero-order chi connectivity index (χ0) is 24.7. The quantitative estimate of drug-likeness (QED) is 0.379. The fourth-order valence-corrected chi connectivity index (χ4v) is 3.86. The number of nitrogens with zero attached hydrogens (tertiary/aromatic N) is 2. The molecule has 1 heterocycles. The molecule has 8 heteroatoms. The number of phenols is 1. The summed E-state index contributed by atoms with van der Waals surface area (Å²) >= 11 is 5.97. The number of carbonyl (C=O) groups is 2. The van der Waals surface area contributed by atoms with Crippen molar-refractivity contribution < 1.29 is 19.8 Å². The van der Waals surface area contributed by atoms with Crippen LogP contribution < -0.4 is 5.56 Å². The minimum absolute atomic E-state index is 0.00865. The number of carboxylic acids is 1. The predicted molar refractivity (Wildman–Crippen MR) is 130 cm³/mol. The lowest BCUT2D eigenvalue weighted by Gasteiger charge is -2.16. The summed E-state index contributed by atoms with van der Waals surface area (Å²) in [5, 5.41) is 19.7. The highest BCUT2D eigenvalue weighted by atomic mass is 35.5. The molecule has 3 rings (SSSR count). The molecular formula is C26H27ClN2O5. The number of carbonyl (C=O) groups excluding carboxylic acids is 1. The lowest BCUT2D eigenvalue weighted by Crippen LogP contribution is -2.29. The Kier molecular flexibility index (Phi) is 8.60. The van der Waals surface area contributed by atoms with E-state index in [1.807, 2.05) is 0 Å². The molecule has 0 aliphatic heterocycles. The Balaban J connectivity index is 1.88. The maximum absolute atomic E-state index is 13.0. The lowest BCUT2D eigenvalue weighted by molar-refractivity contribution is -0.140. The van der Waals surface area contributed by atoms with Crippen molar-refractivity contribution in [3.63, 3.8) is 0 Å². The van der Waals surface area contributed by atoms with Crippen molar-refractivity contribution in [2.75, 3.05) is 0 Å². The zero-order valence-corrected chi connectivity index (χ0v) is 19.7. The number of halogens is 1. The third kappa shape index (κ3) is 6.54. The Labute approximate surface area is 202 Å². The minimum atomic E-state index is -1.15. The molecule has 0 bridgehead atoms. The Bertz CT molecular complexity index is 1200. The molecule has 7 nitrogen and oxygen atoms in total. The number of Topliss-reactive ketones (excluding diaryl/α,β-unsaturated/α-hetero) is 1. The Morgan fingerprint density at radius 2 is 1.74 bits per heavy atom. The average Bonchev–Trinajstić information content (AvgIpc) is 2.80. The molecule has 1 atom stereocenters. The second-order valence-corrected chi connectivity index (χ2v) is 8.61. The molecule has 0 aliphatic rings. The number of phenolic OH excluding ortho intramolecular Hbond substituents is 1. The van der Waals surface area contributed by atoms with Crippen molar-refractivity contribution in [3.8, 4) is 17.0 Å². The van der Waals surface area contributed by atoms with Gasteiger partial charge in [0.1, 0.15) is 11.6 Å². The van der Waals surface area contributed by atoms with Gasteiger partial charge < -0.3 is 10.2 Å². The van der Waals surface area contributed by atoms with Gasteiger partial charge in [0, 0.05) is 29.5 Å². The van der Waals surface area contributed by atoms with Crippen LogP contribution in [0.3, 0.4) is 0 Å². The van der Waals surface area contributed by atoms with Crippen LogP contribution in [0.15, 0.2) is 59.4 Å². The van der Waals surface area contributed by atoms with Crippen LogP contribution in [0.2, 0.25) is 5.02 Å². The number of unbranched alkanes of at least 4 members (excludes halogenated alkanes) is 2. The molecule has 0 radical (unpaired) electrons. The number of aromatic hydroxyl groups is 1. The van der Waals surface area contributed by atoms with E-state index in [0.717, 1.165) is 24.8 Å². The van der Waals surface area contributed by atoms with Crippen LogP contribution in [0.1, 0.15) is 49.9 Å². The van der Waals surface area contributed by atoms with Crippen LogP contribution in [-0.4, -0.2) is 31.5 Å². The van der Waals surface area contributed by atoms with Crippen LogP contribution in [0.25, 0.3) is 11.3 Å². The number of aliphatic carboxylic acids is 1. The maximum Gasteiger partial charge on any atom is 0.311 e. The summed E-state index contributed by atoms with van der Waals surface area (Å²) in [6.45, 7) is 1.82. The van der Waals surface area contributed by atoms with Crippen molar-refractivity contribution in [2.24, 2.45) is 0 Å². The topological polar surface area (TPSA) is 109 Å². The number of carboxylic acid groups (broad SMARTS) is 1. The van der Waals surface area contributed by atoms with E-state index in [-0.39, 0.29) is 30.1 Å². The highest BCUT2D eigenvalue weighted by molar-refractivity contribution is 6.30. The molecule has 3 aromatic rings. The Morgan fingerprint density at radius 1 is 1.06 bits per heavy atom. The molecule has 178 valence electrons. The van der Waals surface area contributed by atoms with Crippen molar-refractivity contribution in [1.82, 2.24) is 9.55 Å². The van der Waals surface area contributed by atoms with Crippen LogP contribution in [0.5, 0.6) is 5.75 Å². The third-order valence-electron chi connectivity index (χ3n) is 5.59. The third-order valence-corrected chi connectivity index (χ3v) is 5.84. The first-order valence-electron chi connectivity index (χ1n) is 11.2. The summed E-state index contributed by atoms with van der Waals surface area (Å²) in [5.74, 6) is -2.11. The molecule has 2 aromatic carbocycles. The Morgan fingerprint density at radius 3 is 2.35 bits per heavy atom. The van der Waals surface area contributed by atoms with Gasteiger partial charge in [-0.2, -0.15) is 0 Å². The van der Waals surface area contributed by atoms with Crippen molar-refractivity contribution in [3.05, 3.63) is 81.4 Å². The lowest BCUT2D eigenvalue weighted by atomic mass is 9.93. The van der Waals surface area contributed by atoms with Gasteiger partial charge >= 0.3 is 5.97 Å². The summed E-state index contributed by atoms with van der Waals surface area (Å²) in [5.41, 5.74) is 1.29. The maximum atomic E-state index is 13.0. The van der Waals surface area contributed by atoms with Gasteiger partial charge in [-0.05, 0) is 36.2 Å². The number of ketones is 1. The SMILES string of the molecule is CCCCCc1nc(-c2ccc(Cl)cc2)cc(=O)n1CC(=O)CC(C(=O)O)c1ccc(O)cc1. The molecule has 2 N–H and O–H groups in total. The molecule has 0 fully saturated rings. The van der Waals surface area contributed by atoms with Gasteiger partial charge in [0.2, 0.25) is 0 Å². The highest BCUT2D eigenvalue weighted by Crippen LogP contribution is 2.24. The summed E-state index contributed by atoms with van der Waals surface area (Å²) in [6, 6.07) is 14.1. The second kappa shape index (κ2) is 11.6. The molecule has 0 aliphatic carbocycles. The molecule has 0 amide bonds. The number of hydrogen-bond acceptors (Lipinski definition) is 5. The standard InChI is InChI=1S/C26H27ClN2O5/c1-2-3-4-5-24-28-23(18-6-10-19(27)11-7-18)15-25(32)29(24)16-21(31)14-22(26(33)34)17-8-12-20(30)13-9-17/h6-13,15,22,30H,2-5,14,16H2,1H3,(H,33,34). The number of benzene rings is 2. The van der Waals surface area contributed by atoms with E-state index in [0.29, 0.717) is 28.5 Å². The van der Waals surface area contributed by atoms with E-state index in [4.69, 9.17) is 11.6 Å². The normalized spacial score (nSPS) is 11.8. The van der Waals surface area contributed by atoms with E-state index < -0.39 is 11.9 Å². The fraction of sp³-hybridized carbons (Fsp3) is 0.308. The number of rotatable bonds is 11. The van der Waals surface area contributed by atoms with Gasteiger partial charge in [-0.25, -0.2) is 4.98 Å². The largest absolute Gasteiger partial charge is 0.508 e. The Hall–Kier alpha value is -3.45. The fourth-order valence-electron chi connectivity index (χ4n) is 3.74. The van der Waals surface area contributed by atoms with Crippen LogP contribution in [0, 0.1) is 0 Å². The first kappa shape index (κ1) is 25.2. The highest BCUT2D eigenvalue weighted by Gasteiger charge is 2.24. The first-order valence-corrected chi connectivity index (χ1v) is 11.6. The van der Waals surface area contributed by atoms with Gasteiger partial charge in [0.05, 0.1) is 18.2 Å². The number of aromatic nitrogens is 2. The van der Waals surface area contributed by atoms with Crippen LogP contribution >= 0.6 is 11.6 Å². The van der Waals surface area contributed by atoms with Gasteiger partial charge in [0.15, 0.2) is 5.78 Å². The number of aryl methyl sites for hydroxylation is 1. The summed E-state index contributed by atoms with van der Waals surface area (Å²) in [4.78, 5) is 42.3. The molecular weight excluding hydrogens is 456 g/mol. The van der Waals surface area contributed by atoms with Crippen LogP contribution in [0.4, 0.5) is 0 Å². The zero-order valence-electron chi connectivity index (χ0n) is 18.9. The van der Waals surface area contributed by atoms with E-state index in [2.05, 4.69) is 11.9 Å². The van der Waals surface area contributed by atoms with Crippen molar-refractivity contribution in [1.29, 1.82) is 0 Å². The van der Waals surface area contributed by atoms with Crippen LogP contribution in [-0.2, 0) is 22.6 Å². The molecule has 0 spiro atoms. The van der Waals surface area contributed by atoms with Crippen molar-refractivity contribution >= 4 is 23.4 Å². The average molecular weight is 483 g/mol. The second-order valence-electron chi connectivity index (χ2n) is 8.17. The van der Waals surface area contributed by atoms with Gasteiger partial charge in [0.25, 0.3) is 5.56 Å². The molecule has 0 saturated carbocycles. The summed E-state index contributed by atoms with van der Waals surface area (Å²) in [6.07, 6.45) is 3.01. The van der Waals surface area contributed by atoms with E-state index >= 15 is 0 Å². The van der Waals surface area contributed by atoms with Crippen molar-refractivity contribution in [2.45, 2.75) is 51.5 Å². The summed E-state index contributed by atoms with van der Waals surface area (Å²) in [7, 11) is 0. The van der Waals surface area contributed by atoms with E-state index in [9.17, 15) is 24.6 Å². The molecule has 34 heavy (non-hydrogen) atoms. The summed E-state index contributed by atoms with van der Waals surface area (Å²) < 4.78 is 1.34. The molecule has 0 saturated heterocycles. The van der Waals surface area contributed by atoms with Gasteiger partial charge in [-0.15, -0.1) is 0 Å².